The quantitative estimate of drug-likeness (QED) is 0.401. The molecule has 0 atom stereocenters. The van der Waals surface area contributed by atoms with Crippen LogP contribution in [0.1, 0.15) is 38.4 Å². The molecule has 8 heteroatoms. The minimum atomic E-state index is 0.0458. The van der Waals surface area contributed by atoms with Crippen molar-refractivity contribution in [1.29, 1.82) is 0 Å². The van der Waals surface area contributed by atoms with Crippen LogP contribution in [0, 0.1) is 0 Å². The van der Waals surface area contributed by atoms with E-state index < -0.39 is 0 Å². The van der Waals surface area contributed by atoms with Crippen LogP contribution in [0.15, 0.2) is 64.0 Å². The van der Waals surface area contributed by atoms with E-state index in [-0.39, 0.29) is 11.7 Å². The number of benzene rings is 1. The fraction of sp³-hybridized carbons (Fsp3) is 0.348. The van der Waals surface area contributed by atoms with Crippen molar-refractivity contribution < 1.29 is 9.21 Å². The lowest BCUT2D eigenvalue weighted by molar-refractivity contribution is -0.127. The van der Waals surface area contributed by atoms with Gasteiger partial charge in [-0.05, 0) is 56.9 Å². The van der Waals surface area contributed by atoms with Gasteiger partial charge in [0, 0.05) is 22.8 Å². The summed E-state index contributed by atoms with van der Waals surface area (Å²) < 4.78 is 7.52. The molecule has 1 aliphatic rings. The molecule has 0 fully saturated rings. The largest absolute Gasteiger partial charge is 0.467 e. The number of nitrogens with zero attached hydrogens (tertiary/aromatic N) is 4. The number of thioether (sulfide) groups is 1. The molecular weight excluding hydrogens is 432 g/mol. The smallest absolute Gasteiger partial charge is 0.237 e. The first-order valence-electron chi connectivity index (χ1n) is 10.5. The Balaban J connectivity index is 1.50. The summed E-state index contributed by atoms with van der Waals surface area (Å²) in [5, 5.41) is 10.1. The van der Waals surface area contributed by atoms with Gasteiger partial charge in [0.25, 0.3) is 0 Å². The van der Waals surface area contributed by atoms with Crippen molar-refractivity contribution in [1.82, 2.24) is 19.7 Å². The number of rotatable bonds is 8. The minimum absolute atomic E-state index is 0.0458. The monoisotopic (exact) mass is 456 g/mol. The zero-order chi connectivity index (χ0) is 21.6. The molecule has 0 aliphatic heterocycles. The van der Waals surface area contributed by atoms with Crippen LogP contribution in [0.3, 0.4) is 0 Å². The van der Waals surface area contributed by atoms with Gasteiger partial charge in [0.15, 0.2) is 11.0 Å². The van der Waals surface area contributed by atoms with Crippen molar-refractivity contribution in [3.63, 3.8) is 0 Å². The number of furan rings is 1. The van der Waals surface area contributed by atoms with Crippen molar-refractivity contribution in [2.75, 3.05) is 5.75 Å². The molecular formula is C23H25ClN4O2S. The predicted molar refractivity (Wildman–Crippen MR) is 123 cm³/mol. The summed E-state index contributed by atoms with van der Waals surface area (Å²) >= 11 is 7.55. The Morgan fingerprint density at radius 2 is 2.16 bits per heavy atom. The van der Waals surface area contributed by atoms with Crippen LogP contribution in [-0.2, 0) is 17.9 Å². The standard InChI is InChI=1S/C23H25ClN4O2S/c1-2-27-22(17-8-6-9-18(24)14-17)25-26-23(27)31-16-21(29)28(15-20-12-7-13-30-20)19-10-4-3-5-11-19/h6-10,12-14H,2-5,11,15-16H2,1H3. The van der Waals surface area contributed by atoms with Crippen LogP contribution in [-0.4, -0.2) is 31.3 Å². The number of amides is 1. The molecule has 0 bridgehead atoms. The van der Waals surface area contributed by atoms with E-state index in [2.05, 4.69) is 16.3 Å². The van der Waals surface area contributed by atoms with Gasteiger partial charge in [-0.25, -0.2) is 0 Å². The normalized spacial score (nSPS) is 13.8. The van der Waals surface area contributed by atoms with Gasteiger partial charge in [-0.1, -0.05) is 41.6 Å². The number of carbonyl (C=O) groups is 1. The first kappa shape index (κ1) is 21.7. The van der Waals surface area contributed by atoms with Gasteiger partial charge in [0.2, 0.25) is 5.91 Å². The summed E-state index contributed by atoms with van der Waals surface area (Å²) in [6.45, 7) is 3.19. The number of hydrogen-bond donors (Lipinski definition) is 0. The molecule has 1 amide bonds. The predicted octanol–water partition coefficient (Wildman–Crippen LogP) is 5.79. The number of halogens is 1. The number of carbonyl (C=O) groups excluding carboxylic acids is 1. The zero-order valence-corrected chi connectivity index (χ0v) is 19.0. The Hall–Kier alpha value is -2.51. The molecule has 0 spiro atoms. The van der Waals surface area contributed by atoms with E-state index in [0.29, 0.717) is 18.1 Å². The molecule has 0 radical (unpaired) electrons. The van der Waals surface area contributed by atoms with Crippen LogP contribution in [0.5, 0.6) is 0 Å². The maximum atomic E-state index is 13.2. The molecule has 2 heterocycles. The van der Waals surface area contributed by atoms with Crippen molar-refractivity contribution in [2.45, 2.75) is 50.9 Å². The van der Waals surface area contributed by atoms with Gasteiger partial charge in [-0.15, -0.1) is 10.2 Å². The summed E-state index contributed by atoms with van der Waals surface area (Å²) in [7, 11) is 0. The zero-order valence-electron chi connectivity index (χ0n) is 17.5. The van der Waals surface area contributed by atoms with Gasteiger partial charge < -0.3 is 13.9 Å². The lowest BCUT2D eigenvalue weighted by Gasteiger charge is -2.27. The third-order valence-corrected chi connectivity index (χ3v) is 6.44. The molecule has 31 heavy (non-hydrogen) atoms. The summed E-state index contributed by atoms with van der Waals surface area (Å²) in [5.41, 5.74) is 2.00. The fourth-order valence-corrected chi connectivity index (χ4v) is 4.77. The summed E-state index contributed by atoms with van der Waals surface area (Å²) in [4.78, 5) is 15.1. The summed E-state index contributed by atoms with van der Waals surface area (Å²) in [6.07, 6.45) is 8.03. The topological polar surface area (TPSA) is 64.2 Å². The molecule has 1 aromatic carbocycles. The van der Waals surface area contributed by atoms with Crippen LogP contribution in [0.2, 0.25) is 5.02 Å². The van der Waals surface area contributed by atoms with Crippen molar-refractivity contribution in [2.24, 2.45) is 0 Å². The molecule has 1 aliphatic carbocycles. The number of allylic oxidation sites excluding steroid dienone is 2. The first-order chi connectivity index (χ1) is 15.2. The highest BCUT2D eigenvalue weighted by Gasteiger charge is 2.22. The molecule has 0 saturated heterocycles. The second kappa shape index (κ2) is 10.2. The molecule has 0 N–H and O–H groups in total. The van der Waals surface area contributed by atoms with Crippen LogP contribution in [0.25, 0.3) is 11.4 Å². The lowest BCUT2D eigenvalue weighted by atomic mass is 10.0. The Kier molecular flexibility index (Phi) is 7.14. The highest BCUT2D eigenvalue weighted by Crippen LogP contribution is 2.28. The molecule has 0 saturated carbocycles. The van der Waals surface area contributed by atoms with Gasteiger partial charge in [0.05, 0.1) is 18.6 Å². The average molecular weight is 457 g/mol. The second-order valence-electron chi connectivity index (χ2n) is 7.35. The number of hydrogen-bond acceptors (Lipinski definition) is 5. The van der Waals surface area contributed by atoms with Gasteiger partial charge in [0.1, 0.15) is 5.76 Å². The van der Waals surface area contributed by atoms with Crippen LogP contribution < -0.4 is 0 Å². The van der Waals surface area contributed by atoms with Crippen LogP contribution in [0.4, 0.5) is 0 Å². The second-order valence-corrected chi connectivity index (χ2v) is 8.73. The highest BCUT2D eigenvalue weighted by molar-refractivity contribution is 7.99. The minimum Gasteiger partial charge on any atom is -0.467 e. The molecule has 4 rings (SSSR count). The van der Waals surface area contributed by atoms with E-state index in [9.17, 15) is 4.79 Å². The lowest BCUT2D eigenvalue weighted by Crippen LogP contribution is -2.32. The number of aromatic nitrogens is 3. The van der Waals surface area contributed by atoms with E-state index in [1.54, 1.807) is 6.26 Å². The van der Waals surface area contributed by atoms with E-state index >= 15 is 0 Å². The fourth-order valence-electron chi connectivity index (χ4n) is 3.70. The Bertz CT molecular complexity index is 1060. The summed E-state index contributed by atoms with van der Waals surface area (Å²) in [6, 6.07) is 11.3. The Morgan fingerprint density at radius 1 is 1.26 bits per heavy atom. The molecule has 162 valence electrons. The van der Waals surface area contributed by atoms with Gasteiger partial charge in [-0.2, -0.15) is 0 Å². The van der Waals surface area contributed by atoms with Crippen molar-refractivity contribution >= 4 is 29.3 Å². The van der Waals surface area contributed by atoms with E-state index in [4.69, 9.17) is 16.0 Å². The maximum absolute atomic E-state index is 13.2. The SMILES string of the molecule is CCn1c(SCC(=O)N(Cc2ccco2)C2=CCCCC2)nnc1-c1cccc(Cl)c1. The molecule has 6 nitrogen and oxygen atoms in total. The van der Waals surface area contributed by atoms with Crippen molar-refractivity contribution in [3.8, 4) is 11.4 Å². The van der Waals surface area contributed by atoms with E-state index in [0.717, 1.165) is 47.3 Å². The third-order valence-electron chi connectivity index (χ3n) is 5.25. The Morgan fingerprint density at radius 3 is 2.87 bits per heavy atom. The first-order valence-corrected chi connectivity index (χ1v) is 11.9. The molecule has 3 aromatic rings. The third kappa shape index (κ3) is 5.22. The van der Waals surface area contributed by atoms with E-state index in [1.165, 1.54) is 18.2 Å². The van der Waals surface area contributed by atoms with Crippen molar-refractivity contribution in [3.05, 3.63) is 65.2 Å². The average Bonchev–Trinajstić information content (AvgIpc) is 3.46. The van der Waals surface area contributed by atoms with E-state index in [1.807, 2.05) is 52.8 Å². The molecule has 0 unspecified atom stereocenters. The molecule has 2 aromatic heterocycles. The maximum Gasteiger partial charge on any atom is 0.237 e. The Labute approximate surface area is 191 Å². The van der Waals surface area contributed by atoms with Gasteiger partial charge in [-0.3, -0.25) is 4.79 Å². The van der Waals surface area contributed by atoms with Crippen LogP contribution >= 0.6 is 23.4 Å². The van der Waals surface area contributed by atoms with Gasteiger partial charge >= 0.3 is 0 Å². The summed E-state index contributed by atoms with van der Waals surface area (Å²) in [5.74, 6) is 1.86. The highest BCUT2D eigenvalue weighted by atomic mass is 35.5.